The van der Waals surface area contributed by atoms with Crippen molar-refractivity contribution in [2.24, 2.45) is 5.73 Å². The van der Waals surface area contributed by atoms with E-state index in [0.29, 0.717) is 11.4 Å². The molecule has 0 saturated heterocycles. The van der Waals surface area contributed by atoms with Gasteiger partial charge in [0.2, 0.25) is 5.91 Å². The molecular weight excluding hydrogens is 196 g/mol. The van der Waals surface area contributed by atoms with Crippen LogP contribution < -0.4 is 11.1 Å². The lowest BCUT2D eigenvalue weighted by Gasteiger charge is -2.29. The van der Waals surface area contributed by atoms with Crippen molar-refractivity contribution in [2.75, 3.05) is 0 Å². The second kappa shape index (κ2) is 4.73. The van der Waals surface area contributed by atoms with Crippen LogP contribution in [0.3, 0.4) is 0 Å². The zero-order valence-electron chi connectivity index (χ0n) is 8.64. The first-order valence-corrected chi connectivity index (χ1v) is 5.62. The van der Waals surface area contributed by atoms with E-state index in [2.05, 4.69) is 5.32 Å². The molecule has 1 fully saturated rings. The maximum atomic E-state index is 11.5. The van der Waals surface area contributed by atoms with Crippen LogP contribution in [-0.2, 0) is 4.79 Å². The Morgan fingerprint density at radius 1 is 1.50 bits per heavy atom. The van der Waals surface area contributed by atoms with E-state index < -0.39 is 0 Å². The van der Waals surface area contributed by atoms with Gasteiger partial charge in [0.15, 0.2) is 0 Å². The summed E-state index contributed by atoms with van der Waals surface area (Å²) < 4.78 is 0. The first-order chi connectivity index (χ1) is 6.60. The summed E-state index contributed by atoms with van der Waals surface area (Å²) in [6.45, 7) is 1.99. The molecule has 0 bridgehead atoms. The molecule has 0 aliphatic heterocycles. The smallest absolute Gasteiger partial charge is 0.220 e. The van der Waals surface area contributed by atoms with Gasteiger partial charge in [-0.15, -0.1) is 0 Å². The molecule has 80 valence electrons. The maximum absolute atomic E-state index is 11.5. The third kappa shape index (κ3) is 2.44. The van der Waals surface area contributed by atoms with Crippen LogP contribution in [0.5, 0.6) is 0 Å². The fourth-order valence-corrected chi connectivity index (χ4v) is 2.22. The molecule has 1 rings (SSSR count). The molecule has 14 heavy (non-hydrogen) atoms. The molecule has 0 spiro atoms. The van der Waals surface area contributed by atoms with Crippen LogP contribution in [0.1, 0.15) is 45.4 Å². The molecule has 1 saturated carbocycles. The van der Waals surface area contributed by atoms with Gasteiger partial charge in [-0.3, -0.25) is 4.79 Å². The summed E-state index contributed by atoms with van der Waals surface area (Å²) in [5.74, 6) is 0.0715. The zero-order valence-corrected chi connectivity index (χ0v) is 9.45. The van der Waals surface area contributed by atoms with Gasteiger partial charge in [-0.2, -0.15) is 0 Å². The number of carbonyl (C=O) groups excluding carboxylic acids is 1. The summed E-state index contributed by atoms with van der Waals surface area (Å²) in [5, 5.41) is 2.99. The minimum Gasteiger partial charge on any atom is -0.391 e. The normalized spacial score (nSPS) is 19.2. The molecule has 3 nitrogen and oxygen atoms in total. The molecule has 0 radical (unpaired) electrons. The highest BCUT2D eigenvalue weighted by atomic mass is 32.1. The van der Waals surface area contributed by atoms with Crippen molar-refractivity contribution in [2.45, 2.75) is 51.0 Å². The van der Waals surface area contributed by atoms with E-state index in [4.69, 9.17) is 18.0 Å². The summed E-state index contributed by atoms with van der Waals surface area (Å²) in [4.78, 5) is 11.9. The quantitative estimate of drug-likeness (QED) is 0.697. The SMILES string of the molecule is CCCC(=O)NC1(C(N)=S)CCCC1. The second-order valence-electron chi connectivity index (χ2n) is 3.95. The molecule has 0 unspecified atom stereocenters. The summed E-state index contributed by atoms with van der Waals surface area (Å²) in [7, 11) is 0. The number of carbonyl (C=O) groups is 1. The average molecular weight is 214 g/mol. The molecule has 4 heteroatoms. The lowest BCUT2D eigenvalue weighted by atomic mass is 9.97. The molecule has 0 aromatic heterocycles. The predicted molar refractivity (Wildman–Crippen MR) is 61.0 cm³/mol. The van der Waals surface area contributed by atoms with E-state index in [-0.39, 0.29) is 11.4 Å². The van der Waals surface area contributed by atoms with Crippen molar-refractivity contribution >= 4 is 23.1 Å². The van der Waals surface area contributed by atoms with E-state index in [1.807, 2.05) is 6.92 Å². The van der Waals surface area contributed by atoms with Gasteiger partial charge in [0.1, 0.15) is 0 Å². The predicted octanol–water partition coefficient (Wildman–Crippen LogP) is 1.50. The molecule has 1 amide bonds. The third-order valence-corrected chi connectivity index (χ3v) is 3.18. The van der Waals surface area contributed by atoms with Crippen molar-refractivity contribution in [3.8, 4) is 0 Å². The van der Waals surface area contributed by atoms with Crippen molar-refractivity contribution < 1.29 is 4.79 Å². The number of amides is 1. The van der Waals surface area contributed by atoms with E-state index >= 15 is 0 Å². The Labute approximate surface area is 90.4 Å². The summed E-state index contributed by atoms with van der Waals surface area (Å²) in [6.07, 6.45) is 5.42. The second-order valence-corrected chi connectivity index (χ2v) is 4.39. The van der Waals surface area contributed by atoms with Crippen LogP contribution in [0.25, 0.3) is 0 Å². The minimum atomic E-state index is -0.373. The van der Waals surface area contributed by atoms with Gasteiger partial charge in [-0.25, -0.2) is 0 Å². The summed E-state index contributed by atoms with van der Waals surface area (Å²) in [5.41, 5.74) is 5.32. The summed E-state index contributed by atoms with van der Waals surface area (Å²) in [6, 6.07) is 0. The third-order valence-electron chi connectivity index (χ3n) is 2.78. The van der Waals surface area contributed by atoms with E-state index in [9.17, 15) is 4.79 Å². The Hall–Kier alpha value is -0.640. The number of nitrogens with two attached hydrogens (primary N) is 1. The Bertz CT molecular complexity index is 234. The minimum absolute atomic E-state index is 0.0715. The first kappa shape index (κ1) is 11.4. The van der Waals surface area contributed by atoms with Gasteiger partial charge < -0.3 is 11.1 Å². The molecule has 3 N–H and O–H groups in total. The van der Waals surface area contributed by atoms with Gasteiger partial charge in [0.05, 0.1) is 10.5 Å². The van der Waals surface area contributed by atoms with Crippen LogP contribution in [0.4, 0.5) is 0 Å². The maximum Gasteiger partial charge on any atom is 0.220 e. The van der Waals surface area contributed by atoms with Gasteiger partial charge in [0.25, 0.3) is 0 Å². The zero-order chi connectivity index (χ0) is 10.6. The Kier molecular flexibility index (Phi) is 3.86. The molecule has 0 atom stereocenters. The number of nitrogens with one attached hydrogen (secondary N) is 1. The van der Waals surface area contributed by atoms with E-state index in [0.717, 1.165) is 32.1 Å². The number of hydrogen-bond donors (Lipinski definition) is 2. The molecular formula is C10H18N2OS. The van der Waals surface area contributed by atoms with Crippen molar-refractivity contribution in [3.63, 3.8) is 0 Å². The monoisotopic (exact) mass is 214 g/mol. The Morgan fingerprint density at radius 2 is 2.07 bits per heavy atom. The fourth-order valence-electron chi connectivity index (χ4n) is 1.97. The lowest BCUT2D eigenvalue weighted by molar-refractivity contribution is -0.122. The highest BCUT2D eigenvalue weighted by Crippen LogP contribution is 2.30. The Balaban J connectivity index is 2.60. The van der Waals surface area contributed by atoms with Crippen LogP contribution in [0.2, 0.25) is 0 Å². The Morgan fingerprint density at radius 3 is 2.50 bits per heavy atom. The molecule has 1 aliphatic carbocycles. The van der Waals surface area contributed by atoms with Gasteiger partial charge >= 0.3 is 0 Å². The first-order valence-electron chi connectivity index (χ1n) is 5.21. The largest absolute Gasteiger partial charge is 0.391 e. The highest BCUT2D eigenvalue weighted by molar-refractivity contribution is 7.80. The van der Waals surface area contributed by atoms with Gasteiger partial charge in [-0.1, -0.05) is 32.0 Å². The molecule has 1 aliphatic rings. The standard InChI is InChI=1S/C10H18N2OS/c1-2-5-8(13)12-10(9(11)14)6-3-4-7-10/h2-7H2,1H3,(H2,11,14)(H,12,13). The van der Waals surface area contributed by atoms with Crippen LogP contribution >= 0.6 is 12.2 Å². The van der Waals surface area contributed by atoms with Crippen molar-refractivity contribution in [1.82, 2.24) is 5.32 Å². The van der Waals surface area contributed by atoms with Gasteiger partial charge in [-0.05, 0) is 19.3 Å². The molecule has 0 aromatic rings. The average Bonchev–Trinajstić information content (AvgIpc) is 2.54. The van der Waals surface area contributed by atoms with E-state index in [1.165, 1.54) is 0 Å². The fraction of sp³-hybridized carbons (Fsp3) is 0.800. The van der Waals surface area contributed by atoms with Crippen molar-refractivity contribution in [3.05, 3.63) is 0 Å². The number of thiocarbonyl (C=S) groups is 1. The van der Waals surface area contributed by atoms with Crippen LogP contribution in [-0.4, -0.2) is 16.4 Å². The molecule has 0 aromatic carbocycles. The number of hydrogen-bond acceptors (Lipinski definition) is 2. The van der Waals surface area contributed by atoms with Gasteiger partial charge in [0, 0.05) is 6.42 Å². The van der Waals surface area contributed by atoms with Crippen LogP contribution in [0.15, 0.2) is 0 Å². The summed E-state index contributed by atoms with van der Waals surface area (Å²) >= 11 is 5.03. The van der Waals surface area contributed by atoms with Crippen LogP contribution in [0, 0.1) is 0 Å². The topological polar surface area (TPSA) is 55.1 Å². The van der Waals surface area contributed by atoms with Crippen molar-refractivity contribution in [1.29, 1.82) is 0 Å². The molecule has 0 heterocycles. The highest BCUT2D eigenvalue weighted by Gasteiger charge is 2.37. The van der Waals surface area contributed by atoms with E-state index in [1.54, 1.807) is 0 Å². The number of rotatable bonds is 4. The lowest BCUT2D eigenvalue weighted by Crippen LogP contribution is -2.54.